The van der Waals surface area contributed by atoms with Crippen molar-refractivity contribution in [1.29, 1.82) is 0 Å². The van der Waals surface area contributed by atoms with Gasteiger partial charge in [-0.25, -0.2) is 0 Å². The lowest BCUT2D eigenvalue weighted by Gasteiger charge is -2.33. The number of hydrogen-bond acceptors (Lipinski definition) is 1. The average Bonchev–Trinajstić information content (AvgIpc) is 2.18. The Morgan fingerprint density at radius 2 is 1.40 bits per heavy atom. The molecule has 0 unspecified atom stereocenters. The van der Waals surface area contributed by atoms with Gasteiger partial charge in [0, 0.05) is 17.8 Å². The normalized spacial score (nSPS) is 11.1. The molecule has 0 aliphatic carbocycles. The van der Waals surface area contributed by atoms with E-state index in [1.165, 1.54) is 11.3 Å². The van der Waals surface area contributed by atoms with Crippen LogP contribution in [0.4, 0.5) is 5.69 Å². The van der Waals surface area contributed by atoms with E-state index in [1.54, 1.807) is 0 Å². The summed E-state index contributed by atoms with van der Waals surface area (Å²) in [6.45, 7) is 11.2. The molecule has 0 atom stereocenters. The smallest absolute Gasteiger partial charge is 0.0371 e. The Bertz CT molecular complexity index is 277. The maximum absolute atomic E-state index is 2.44. The molecule has 0 radical (unpaired) electrons. The molecule has 0 bridgehead atoms. The fraction of sp³-hybridized carbons (Fsp3) is 0.571. The molecule has 0 aliphatic heterocycles. The van der Waals surface area contributed by atoms with Crippen LogP contribution >= 0.6 is 0 Å². The maximum Gasteiger partial charge on any atom is 0.0371 e. The molecule has 1 nitrogen and oxygen atoms in total. The molecule has 0 aliphatic rings. The molecular formula is C14H23N. The van der Waals surface area contributed by atoms with Crippen molar-refractivity contribution >= 4 is 5.69 Å². The minimum atomic E-state index is 0.553. The third-order valence-electron chi connectivity index (χ3n) is 2.76. The van der Waals surface area contributed by atoms with E-state index in [2.05, 4.69) is 63.8 Å². The number of aryl methyl sites for hydroxylation is 1. The van der Waals surface area contributed by atoms with Crippen LogP contribution in [0.15, 0.2) is 24.3 Å². The molecule has 15 heavy (non-hydrogen) atoms. The molecule has 0 amide bonds. The van der Waals surface area contributed by atoms with Crippen LogP contribution in [0.3, 0.4) is 0 Å². The van der Waals surface area contributed by atoms with Crippen molar-refractivity contribution in [2.24, 2.45) is 0 Å². The summed E-state index contributed by atoms with van der Waals surface area (Å²) in [5.74, 6) is 0. The van der Waals surface area contributed by atoms with Gasteiger partial charge in [-0.1, -0.05) is 19.1 Å². The quantitative estimate of drug-likeness (QED) is 0.721. The molecule has 0 fully saturated rings. The highest BCUT2D eigenvalue weighted by Gasteiger charge is 2.13. The Kier molecular flexibility index (Phi) is 4.19. The van der Waals surface area contributed by atoms with Gasteiger partial charge in [0.1, 0.15) is 0 Å². The van der Waals surface area contributed by atoms with Crippen molar-refractivity contribution < 1.29 is 0 Å². The summed E-state index contributed by atoms with van der Waals surface area (Å²) in [7, 11) is 0. The van der Waals surface area contributed by atoms with E-state index in [0.717, 1.165) is 6.42 Å². The molecule has 0 saturated carbocycles. The SMILES string of the molecule is CCc1ccc(N(C(C)C)C(C)C)cc1. The summed E-state index contributed by atoms with van der Waals surface area (Å²) >= 11 is 0. The number of nitrogens with zero attached hydrogens (tertiary/aromatic N) is 1. The van der Waals surface area contributed by atoms with Crippen LogP contribution in [0.25, 0.3) is 0 Å². The van der Waals surface area contributed by atoms with E-state index in [1.807, 2.05) is 0 Å². The fourth-order valence-corrected chi connectivity index (χ4v) is 2.10. The highest BCUT2D eigenvalue weighted by Crippen LogP contribution is 2.20. The highest BCUT2D eigenvalue weighted by atomic mass is 15.2. The van der Waals surface area contributed by atoms with E-state index in [4.69, 9.17) is 0 Å². The molecule has 1 aromatic carbocycles. The Balaban J connectivity index is 2.92. The van der Waals surface area contributed by atoms with E-state index < -0.39 is 0 Å². The number of hydrogen-bond donors (Lipinski definition) is 0. The minimum Gasteiger partial charge on any atom is -0.367 e. The number of anilines is 1. The van der Waals surface area contributed by atoms with Crippen LogP contribution < -0.4 is 4.90 Å². The summed E-state index contributed by atoms with van der Waals surface area (Å²) < 4.78 is 0. The standard InChI is InChI=1S/C14H23N/c1-6-13-7-9-14(10-8-13)15(11(2)3)12(4)5/h7-12H,6H2,1-5H3. The summed E-state index contributed by atoms with van der Waals surface area (Å²) in [4.78, 5) is 2.44. The molecule has 0 aromatic heterocycles. The largest absolute Gasteiger partial charge is 0.367 e. The topological polar surface area (TPSA) is 3.24 Å². The van der Waals surface area contributed by atoms with Gasteiger partial charge in [0.2, 0.25) is 0 Å². The van der Waals surface area contributed by atoms with Crippen LogP contribution in [0.5, 0.6) is 0 Å². The second-order valence-corrected chi connectivity index (χ2v) is 4.61. The molecule has 84 valence electrons. The molecule has 1 rings (SSSR count). The Morgan fingerprint density at radius 1 is 0.933 bits per heavy atom. The highest BCUT2D eigenvalue weighted by molar-refractivity contribution is 5.49. The zero-order chi connectivity index (χ0) is 11.4. The van der Waals surface area contributed by atoms with Crippen LogP contribution in [-0.4, -0.2) is 12.1 Å². The molecule has 0 saturated heterocycles. The monoisotopic (exact) mass is 205 g/mol. The fourth-order valence-electron chi connectivity index (χ4n) is 2.10. The Labute approximate surface area is 94.1 Å². The maximum atomic E-state index is 2.44. The lowest BCUT2D eigenvalue weighted by atomic mass is 10.1. The van der Waals surface area contributed by atoms with Gasteiger partial charge in [0.05, 0.1) is 0 Å². The van der Waals surface area contributed by atoms with E-state index in [9.17, 15) is 0 Å². The summed E-state index contributed by atoms with van der Waals surface area (Å²) in [6.07, 6.45) is 1.11. The van der Waals surface area contributed by atoms with Gasteiger partial charge in [0.15, 0.2) is 0 Å². The number of rotatable bonds is 4. The van der Waals surface area contributed by atoms with Crippen LogP contribution in [0.1, 0.15) is 40.2 Å². The lowest BCUT2D eigenvalue weighted by Crippen LogP contribution is -2.36. The zero-order valence-electron chi connectivity index (χ0n) is 10.6. The Hall–Kier alpha value is -0.980. The van der Waals surface area contributed by atoms with E-state index in [0.29, 0.717) is 12.1 Å². The first kappa shape index (κ1) is 12.1. The van der Waals surface area contributed by atoms with Gasteiger partial charge < -0.3 is 4.90 Å². The first-order valence-electron chi connectivity index (χ1n) is 5.93. The zero-order valence-corrected chi connectivity index (χ0v) is 10.6. The number of benzene rings is 1. The van der Waals surface area contributed by atoms with Gasteiger partial charge in [-0.3, -0.25) is 0 Å². The van der Waals surface area contributed by atoms with Gasteiger partial charge in [-0.05, 0) is 51.8 Å². The first-order chi connectivity index (χ1) is 7.06. The average molecular weight is 205 g/mol. The van der Waals surface area contributed by atoms with Crippen molar-refractivity contribution in [1.82, 2.24) is 0 Å². The predicted octanol–water partition coefficient (Wildman–Crippen LogP) is 3.87. The molecule has 0 spiro atoms. The van der Waals surface area contributed by atoms with E-state index in [-0.39, 0.29) is 0 Å². The molecule has 0 heterocycles. The Morgan fingerprint density at radius 3 is 1.73 bits per heavy atom. The van der Waals surface area contributed by atoms with Crippen LogP contribution in [0, 0.1) is 0 Å². The summed E-state index contributed by atoms with van der Waals surface area (Å²) in [5, 5.41) is 0. The summed E-state index contributed by atoms with van der Waals surface area (Å²) in [5.41, 5.74) is 2.74. The summed E-state index contributed by atoms with van der Waals surface area (Å²) in [6, 6.07) is 10.0. The van der Waals surface area contributed by atoms with Crippen molar-refractivity contribution in [2.45, 2.75) is 53.1 Å². The lowest BCUT2D eigenvalue weighted by molar-refractivity contribution is 0.608. The van der Waals surface area contributed by atoms with Gasteiger partial charge in [-0.2, -0.15) is 0 Å². The molecule has 0 N–H and O–H groups in total. The van der Waals surface area contributed by atoms with Gasteiger partial charge in [0.25, 0.3) is 0 Å². The van der Waals surface area contributed by atoms with Gasteiger partial charge in [-0.15, -0.1) is 0 Å². The second-order valence-electron chi connectivity index (χ2n) is 4.61. The first-order valence-corrected chi connectivity index (χ1v) is 5.93. The third-order valence-corrected chi connectivity index (χ3v) is 2.76. The van der Waals surface area contributed by atoms with Crippen molar-refractivity contribution in [3.63, 3.8) is 0 Å². The van der Waals surface area contributed by atoms with E-state index >= 15 is 0 Å². The van der Waals surface area contributed by atoms with Crippen molar-refractivity contribution in [3.05, 3.63) is 29.8 Å². The van der Waals surface area contributed by atoms with Crippen LogP contribution in [-0.2, 0) is 6.42 Å². The molecule has 1 aromatic rings. The van der Waals surface area contributed by atoms with Crippen LogP contribution in [0.2, 0.25) is 0 Å². The second kappa shape index (κ2) is 5.20. The predicted molar refractivity (Wildman–Crippen MR) is 68.6 cm³/mol. The molecule has 1 heteroatoms. The van der Waals surface area contributed by atoms with Gasteiger partial charge >= 0.3 is 0 Å². The minimum absolute atomic E-state index is 0.553. The van der Waals surface area contributed by atoms with Crippen molar-refractivity contribution in [2.75, 3.05) is 4.90 Å². The van der Waals surface area contributed by atoms with Crippen molar-refractivity contribution in [3.8, 4) is 0 Å². The molecular weight excluding hydrogens is 182 g/mol. The third kappa shape index (κ3) is 2.98.